The van der Waals surface area contributed by atoms with E-state index in [1.165, 1.54) is 30.7 Å². The Morgan fingerprint density at radius 3 is 2.70 bits per heavy atom. The fourth-order valence-electron chi connectivity index (χ4n) is 4.34. The molecule has 1 saturated heterocycles. The molecule has 5 rings (SSSR count). The van der Waals surface area contributed by atoms with Crippen molar-refractivity contribution < 1.29 is 27.4 Å². The monoisotopic (exact) mass is 510 g/mol. The van der Waals surface area contributed by atoms with Crippen molar-refractivity contribution >= 4 is 16.8 Å². The second kappa shape index (κ2) is 9.57. The van der Waals surface area contributed by atoms with Gasteiger partial charge in [-0.1, -0.05) is 0 Å². The van der Waals surface area contributed by atoms with Gasteiger partial charge in [-0.15, -0.1) is 0 Å². The van der Waals surface area contributed by atoms with Gasteiger partial charge in [-0.2, -0.15) is 13.2 Å². The van der Waals surface area contributed by atoms with Gasteiger partial charge >= 0.3 is 6.18 Å². The second-order valence-corrected chi connectivity index (χ2v) is 8.54. The summed E-state index contributed by atoms with van der Waals surface area (Å²) in [5.41, 5.74) is 0.476. The molecule has 190 valence electrons. The predicted octanol–water partition coefficient (Wildman–Crippen LogP) is 4.31. The summed E-state index contributed by atoms with van der Waals surface area (Å²) in [5, 5.41) is 0.597. The first kappa shape index (κ1) is 24.3. The van der Waals surface area contributed by atoms with E-state index >= 15 is 0 Å². The molecule has 8 nitrogen and oxygen atoms in total. The largest absolute Gasteiger partial charge is 0.488 e. The Kier molecular flexibility index (Phi) is 6.28. The van der Waals surface area contributed by atoms with Crippen molar-refractivity contribution in [2.75, 3.05) is 20.2 Å². The number of hydrogen-bond donors (Lipinski definition) is 1. The van der Waals surface area contributed by atoms with Crippen LogP contribution in [0.4, 0.5) is 13.2 Å². The first-order valence-corrected chi connectivity index (χ1v) is 11.4. The molecule has 1 N–H and O–H groups in total. The number of pyridine rings is 3. The maximum atomic E-state index is 13.6. The molecule has 0 bridgehead atoms. The number of ether oxygens (including phenoxy) is 2. The third-order valence-electron chi connectivity index (χ3n) is 6.14. The molecule has 3 aromatic heterocycles. The van der Waals surface area contributed by atoms with Gasteiger partial charge in [0.25, 0.3) is 5.91 Å². The van der Waals surface area contributed by atoms with Crippen LogP contribution in [0.5, 0.6) is 11.6 Å². The van der Waals surface area contributed by atoms with Crippen molar-refractivity contribution in [1.82, 2.24) is 19.9 Å². The molecule has 11 heteroatoms. The van der Waals surface area contributed by atoms with E-state index in [1.54, 1.807) is 29.2 Å². The number of nitrogens with one attached hydrogen (secondary N) is 1. The summed E-state index contributed by atoms with van der Waals surface area (Å²) in [7, 11) is 1.14. The number of halogens is 3. The number of benzene rings is 1. The number of nitrogens with zero attached hydrogens (tertiary/aromatic N) is 3. The van der Waals surface area contributed by atoms with Crippen LogP contribution in [-0.4, -0.2) is 52.1 Å². The summed E-state index contributed by atoms with van der Waals surface area (Å²) >= 11 is 0. The highest BCUT2D eigenvalue weighted by molar-refractivity contribution is 5.95. The molecule has 0 saturated carbocycles. The molecule has 1 aliphatic rings. The highest BCUT2D eigenvalue weighted by Gasteiger charge is 2.36. The van der Waals surface area contributed by atoms with Crippen LogP contribution >= 0.6 is 0 Å². The molecule has 0 unspecified atom stereocenters. The Balaban J connectivity index is 1.40. The standard InChI is InChI=1S/C26H21F3N4O4/c1-36-24-21(26(27,28)29)10-16(13-32-24)19-6-8-30-22-4-3-17(11-20(19)22)37-18-7-9-33(14-18)25(35)15-2-5-23(34)31-12-15/h2-6,8,10-13,18H,7,9,14H2,1H3,(H,31,34)/t18-/m0/s1. The van der Waals surface area contributed by atoms with E-state index in [9.17, 15) is 22.8 Å². The van der Waals surface area contributed by atoms with E-state index in [4.69, 9.17) is 9.47 Å². The zero-order valence-corrected chi connectivity index (χ0v) is 19.6. The zero-order chi connectivity index (χ0) is 26.2. The molecular formula is C26H21F3N4O4. The molecule has 37 heavy (non-hydrogen) atoms. The smallest absolute Gasteiger partial charge is 0.421 e. The van der Waals surface area contributed by atoms with Gasteiger partial charge in [-0.25, -0.2) is 4.98 Å². The first-order valence-electron chi connectivity index (χ1n) is 11.4. The van der Waals surface area contributed by atoms with Gasteiger partial charge in [-0.3, -0.25) is 14.6 Å². The summed E-state index contributed by atoms with van der Waals surface area (Å²) in [4.78, 5) is 36.3. The van der Waals surface area contributed by atoms with E-state index in [0.29, 0.717) is 47.3 Å². The van der Waals surface area contributed by atoms with Crippen LogP contribution in [-0.2, 0) is 6.18 Å². The average molecular weight is 510 g/mol. The molecule has 4 heterocycles. The Hall–Kier alpha value is -4.41. The lowest BCUT2D eigenvalue weighted by Crippen LogP contribution is -2.31. The maximum absolute atomic E-state index is 13.6. The van der Waals surface area contributed by atoms with Crippen LogP contribution in [0.1, 0.15) is 22.3 Å². The number of likely N-dealkylation sites (tertiary alicyclic amines) is 1. The van der Waals surface area contributed by atoms with Gasteiger partial charge in [0.05, 0.1) is 24.7 Å². The third-order valence-corrected chi connectivity index (χ3v) is 6.14. The van der Waals surface area contributed by atoms with Gasteiger partial charge in [0.15, 0.2) is 0 Å². The molecule has 1 aliphatic heterocycles. The second-order valence-electron chi connectivity index (χ2n) is 8.54. The summed E-state index contributed by atoms with van der Waals surface area (Å²) in [6.07, 6.45) is -0.0737. The maximum Gasteiger partial charge on any atom is 0.421 e. The Bertz CT molecular complexity index is 1520. The number of carbonyl (C=O) groups excluding carboxylic acids is 1. The van der Waals surface area contributed by atoms with Crippen LogP contribution in [0.2, 0.25) is 0 Å². The highest BCUT2D eigenvalue weighted by atomic mass is 19.4. The SMILES string of the molecule is COc1ncc(-c2ccnc3ccc(O[C@H]4CCN(C(=O)c5ccc(=O)[nH]c5)C4)cc23)cc1C(F)(F)F. The van der Waals surface area contributed by atoms with Crippen LogP contribution in [0.15, 0.2) is 65.8 Å². The van der Waals surface area contributed by atoms with Crippen molar-refractivity contribution in [2.45, 2.75) is 18.7 Å². The number of carbonyl (C=O) groups is 1. The number of methoxy groups -OCH3 is 1. The highest BCUT2D eigenvalue weighted by Crippen LogP contribution is 2.39. The molecular weight excluding hydrogens is 489 g/mol. The fraction of sp³-hybridized carbons (Fsp3) is 0.231. The predicted molar refractivity (Wildman–Crippen MR) is 129 cm³/mol. The van der Waals surface area contributed by atoms with Crippen molar-refractivity contribution in [1.29, 1.82) is 0 Å². The van der Waals surface area contributed by atoms with Gasteiger partial charge in [0.2, 0.25) is 11.4 Å². The number of rotatable bonds is 5. The number of amides is 1. The number of aromatic amines is 1. The normalized spacial score (nSPS) is 15.7. The van der Waals surface area contributed by atoms with Crippen molar-refractivity contribution in [3.8, 4) is 22.8 Å². The number of fused-ring (bicyclic) bond motifs is 1. The summed E-state index contributed by atoms with van der Waals surface area (Å²) in [6.45, 7) is 0.841. The van der Waals surface area contributed by atoms with Crippen molar-refractivity contribution in [2.24, 2.45) is 0 Å². The number of H-pyrrole nitrogens is 1. The van der Waals surface area contributed by atoms with Crippen LogP contribution in [0, 0.1) is 0 Å². The Labute approximate surface area is 208 Å². The van der Waals surface area contributed by atoms with Gasteiger partial charge in [0.1, 0.15) is 17.4 Å². The molecule has 1 fully saturated rings. The quantitative estimate of drug-likeness (QED) is 0.430. The molecule has 4 aromatic rings. The summed E-state index contributed by atoms with van der Waals surface area (Å²) in [6, 6.07) is 10.6. The summed E-state index contributed by atoms with van der Waals surface area (Å²) in [5.74, 6) is -0.205. The van der Waals surface area contributed by atoms with Crippen molar-refractivity contribution in [3.63, 3.8) is 0 Å². The average Bonchev–Trinajstić information content (AvgIpc) is 3.36. The van der Waals surface area contributed by atoms with Crippen LogP contribution < -0.4 is 15.0 Å². The van der Waals surface area contributed by atoms with Crippen LogP contribution in [0.3, 0.4) is 0 Å². The molecule has 1 amide bonds. The van der Waals surface area contributed by atoms with Crippen molar-refractivity contribution in [3.05, 3.63) is 82.5 Å². The molecule has 0 aliphatic carbocycles. The minimum atomic E-state index is -4.63. The summed E-state index contributed by atoms with van der Waals surface area (Å²) < 4.78 is 51.6. The first-order chi connectivity index (χ1) is 17.7. The van der Waals surface area contributed by atoms with Gasteiger partial charge < -0.3 is 19.4 Å². The number of alkyl halides is 3. The molecule has 0 radical (unpaired) electrons. The van der Waals surface area contributed by atoms with E-state index < -0.39 is 17.6 Å². The lowest BCUT2D eigenvalue weighted by molar-refractivity contribution is -0.139. The molecule has 0 spiro atoms. The topological polar surface area (TPSA) is 97.4 Å². The molecule has 1 aromatic carbocycles. The minimum Gasteiger partial charge on any atom is -0.488 e. The van der Waals surface area contributed by atoms with Crippen LogP contribution in [0.25, 0.3) is 22.0 Å². The van der Waals surface area contributed by atoms with Gasteiger partial charge in [0, 0.05) is 48.6 Å². The van der Waals surface area contributed by atoms with E-state index in [0.717, 1.165) is 13.2 Å². The fourth-order valence-corrected chi connectivity index (χ4v) is 4.34. The lowest BCUT2D eigenvalue weighted by atomic mass is 10.0. The van der Waals surface area contributed by atoms with E-state index in [-0.39, 0.29) is 23.1 Å². The van der Waals surface area contributed by atoms with E-state index in [1.807, 2.05) is 0 Å². The minimum absolute atomic E-state index is 0.208. The third kappa shape index (κ3) is 4.97. The Morgan fingerprint density at radius 1 is 1.14 bits per heavy atom. The lowest BCUT2D eigenvalue weighted by Gasteiger charge is -2.18. The molecule has 1 atom stereocenters. The van der Waals surface area contributed by atoms with Gasteiger partial charge in [-0.05, 0) is 42.0 Å². The number of hydrogen-bond acceptors (Lipinski definition) is 6. The Morgan fingerprint density at radius 2 is 1.97 bits per heavy atom. The zero-order valence-electron chi connectivity index (χ0n) is 19.6. The number of aromatic nitrogens is 3. The van der Waals surface area contributed by atoms with E-state index in [2.05, 4.69) is 15.0 Å².